The van der Waals surface area contributed by atoms with E-state index in [1.54, 1.807) is 21.1 Å². The van der Waals surface area contributed by atoms with Crippen molar-refractivity contribution in [2.24, 2.45) is 9.98 Å². The number of hydrogen-bond acceptors (Lipinski definition) is 3. The molecule has 0 saturated carbocycles. The highest BCUT2D eigenvalue weighted by atomic mass is 16.2. The lowest BCUT2D eigenvalue weighted by Gasteiger charge is -2.13. The fraction of sp³-hybridized carbons (Fsp3) is 0.800. The van der Waals surface area contributed by atoms with Crippen molar-refractivity contribution in [2.45, 2.75) is 13.8 Å². The summed E-state index contributed by atoms with van der Waals surface area (Å²) in [7, 11) is 15.1. The summed E-state index contributed by atoms with van der Waals surface area (Å²) in [6, 6.07) is 0. The van der Waals surface area contributed by atoms with Crippen LogP contribution in [0.2, 0.25) is 0 Å². The SMILES string of the molecule is CC(=O)N(C)C.CN=C(C)N(C)C.CN=C1N(C)CCN1C. The second-order valence-corrected chi connectivity index (χ2v) is 5.45. The van der Waals surface area contributed by atoms with E-state index < -0.39 is 0 Å². The molecule has 130 valence electrons. The molecule has 0 atom stereocenters. The van der Waals surface area contributed by atoms with E-state index in [1.807, 2.05) is 33.0 Å². The number of amides is 1. The maximum atomic E-state index is 10.1. The van der Waals surface area contributed by atoms with Crippen molar-refractivity contribution < 1.29 is 4.79 Å². The lowest BCUT2D eigenvalue weighted by Crippen LogP contribution is -2.27. The highest BCUT2D eigenvalue weighted by molar-refractivity contribution is 5.81. The van der Waals surface area contributed by atoms with Crippen LogP contribution in [0.5, 0.6) is 0 Å². The van der Waals surface area contributed by atoms with Crippen LogP contribution < -0.4 is 0 Å². The minimum absolute atomic E-state index is 0.0926. The van der Waals surface area contributed by atoms with Crippen LogP contribution in [0.15, 0.2) is 9.98 Å². The van der Waals surface area contributed by atoms with E-state index in [9.17, 15) is 4.79 Å². The number of likely N-dealkylation sites (N-methyl/N-ethyl adjacent to an activating group) is 2. The van der Waals surface area contributed by atoms with E-state index in [1.165, 1.54) is 11.8 Å². The first kappa shape index (κ1) is 22.5. The van der Waals surface area contributed by atoms with Crippen molar-refractivity contribution >= 4 is 17.7 Å². The van der Waals surface area contributed by atoms with Crippen LogP contribution in [-0.2, 0) is 4.79 Å². The number of hydrogen-bond donors (Lipinski definition) is 0. The van der Waals surface area contributed by atoms with Crippen LogP contribution in [0.4, 0.5) is 0 Å². The number of carbonyl (C=O) groups is 1. The maximum absolute atomic E-state index is 10.1. The van der Waals surface area contributed by atoms with Gasteiger partial charge in [-0.3, -0.25) is 14.8 Å². The van der Waals surface area contributed by atoms with Crippen LogP contribution in [0.3, 0.4) is 0 Å². The third kappa shape index (κ3) is 10.0. The second kappa shape index (κ2) is 11.8. The zero-order valence-corrected chi connectivity index (χ0v) is 16.0. The molecule has 0 N–H and O–H groups in total. The van der Waals surface area contributed by atoms with Gasteiger partial charge in [0, 0.05) is 76.4 Å². The Morgan fingerprint density at radius 2 is 1.32 bits per heavy atom. The second-order valence-electron chi connectivity index (χ2n) is 5.45. The van der Waals surface area contributed by atoms with Crippen LogP contribution in [-0.4, -0.2) is 107 Å². The molecule has 7 heteroatoms. The minimum atomic E-state index is 0.0926. The molecule has 1 fully saturated rings. The van der Waals surface area contributed by atoms with E-state index in [4.69, 9.17) is 0 Å². The van der Waals surface area contributed by atoms with Gasteiger partial charge in [0.05, 0.1) is 5.84 Å². The molecule has 0 aliphatic carbocycles. The van der Waals surface area contributed by atoms with Gasteiger partial charge < -0.3 is 19.6 Å². The summed E-state index contributed by atoms with van der Waals surface area (Å²) in [6.07, 6.45) is 0. The number of amidine groups is 1. The predicted molar refractivity (Wildman–Crippen MR) is 95.7 cm³/mol. The average molecular weight is 314 g/mol. The first-order valence-electron chi connectivity index (χ1n) is 7.26. The molecule has 7 nitrogen and oxygen atoms in total. The van der Waals surface area contributed by atoms with Gasteiger partial charge in [-0.1, -0.05) is 0 Å². The normalized spacial score (nSPS) is 13.7. The highest BCUT2D eigenvalue weighted by Crippen LogP contribution is 2.01. The van der Waals surface area contributed by atoms with Gasteiger partial charge in [0.2, 0.25) is 5.91 Å². The monoisotopic (exact) mass is 314 g/mol. The number of aliphatic imine (C=N–C) groups is 2. The molecule has 22 heavy (non-hydrogen) atoms. The first-order chi connectivity index (χ1) is 10.1. The topological polar surface area (TPSA) is 54.8 Å². The fourth-order valence-electron chi connectivity index (χ4n) is 1.33. The lowest BCUT2D eigenvalue weighted by atomic mass is 10.6. The standard InChI is InChI=1S/C6H13N3.C5H12N2.C4H9NO/c1-7-6-8(2)4-5-9(6)3;1-5(6-2)7(3)4;1-4(6)5(2)3/h4-5H2,1-3H3;1-4H3;1-3H3. The van der Waals surface area contributed by atoms with Gasteiger partial charge in [-0.2, -0.15) is 0 Å². The van der Waals surface area contributed by atoms with Crippen molar-refractivity contribution in [3.63, 3.8) is 0 Å². The van der Waals surface area contributed by atoms with Gasteiger partial charge in [-0.05, 0) is 6.92 Å². The molecule has 1 amide bonds. The molecule has 1 aliphatic rings. The zero-order valence-electron chi connectivity index (χ0n) is 16.0. The van der Waals surface area contributed by atoms with Crippen molar-refractivity contribution in [2.75, 3.05) is 69.5 Å². The largest absolute Gasteiger partial charge is 0.367 e. The Kier molecular flexibility index (Phi) is 12.1. The molecule has 0 aromatic rings. The Labute approximate surface area is 136 Å². The number of guanidine groups is 1. The molecule has 0 aromatic carbocycles. The van der Waals surface area contributed by atoms with Gasteiger partial charge in [-0.15, -0.1) is 0 Å². The third-order valence-corrected chi connectivity index (χ3v) is 3.25. The van der Waals surface area contributed by atoms with Crippen LogP contribution in [0.1, 0.15) is 13.8 Å². The Morgan fingerprint density at radius 3 is 1.41 bits per heavy atom. The summed E-state index contributed by atoms with van der Waals surface area (Å²) >= 11 is 0. The van der Waals surface area contributed by atoms with Crippen LogP contribution in [0, 0.1) is 0 Å². The fourth-order valence-corrected chi connectivity index (χ4v) is 1.33. The van der Waals surface area contributed by atoms with Gasteiger partial charge in [-0.25, -0.2) is 0 Å². The molecule has 0 spiro atoms. The molecule has 0 bridgehead atoms. The van der Waals surface area contributed by atoms with E-state index in [2.05, 4.69) is 33.9 Å². The Balaban J connectivity index is 0. The molecule has 0 unspecified atom stereocenters. The zero-order chi connectivity index (χ0) is 17.9. The summed E-state index contributed by atoms with van der Waals surface area (Å²) in [5.74, 6) is 2.24. The summed E-state index contributed by atoms with van der Waals surface area (Å²) in [5, 5.41) is 0. The van der Waals surface area contributed by atoms with Crippen LogP contribution in [0.25, 0.3) is 0 Å². The van der Waals surface area contributed by atoms with Crippen molar-refractivity contribution in [1.82, 2.24) is 19.6 Å². The molecule has 1 aliphatic heterocycles. The summed E-state index contributed by atoms with van der Waals surface area (Å²) < 4.78 is 0. The lowest BCUT2D eigenvalue weighted by molar-refractivity contribution is -0.126. The smallest absolute Gasteiger partial charge is 0.218 e. The predicted octanol–water partition coefficient (Wildman–Crippen LogP) is 0.540. The summed E-state index contributed by atoms with van der Waals surface area (Å²) in [6.45, 7) is 5.70. The van der Waals surface area contributed by atoms with Crippen molar-refractivity contribution in [3.8, 4) is 0 Å². The van der Waals surface area contributed by atoms with Crippen molar-refractivity contribution in [3.05, 3.63) is 0 Å². The number of nitrogens with zero attached hydrogens (tertiary/aromatic N) is 6. The first-order valence-corrected chi connectivity index (χ1v) is 7.26. The van der Waals surface area contributed by atoms with Gasteiger partial charge >= 0.3 is 0 Å². The molecular weight excluding hydrogens is 280 g/mol. The Bertz CT molecular complexity index is 364. The van der Waals surface area contributed by atoms with E-state index >= 15 is 0 Å². The summed E-state index contributed by atoms with van der Waals surface area (Å²) in [4.78, 5) is 25.9. The third-order valence-electron chi connectivity index (χ3n) is 3.25. The van der Waals surface area contributed by atoms with Gasteiger partial charge in [0.25, 0.3) is 0 Å². The quantitative estimate of drug-likeness (QED) is 0.484. The van der Waals surface area contributed by atoms with E-state index in [-0.39, 0.29) is 5.91 Å². The Morgan fingerprint density at radius 1 is 0.955 bits per heavy atom. The Hall–Kier alpha value is -1.79. The molecule has 0 aromatic heterocycles. The van der Waals surface area contributed by atoms with E-state index in [0.29, 0.717) is 0 Å². The minimum Gasteiger partial charge on any atom is -0.367 e. The molecule has 1 rings (SSSR count). The average Bonchev–Trinajstić information content (AvgIpc) is 2.77. The van der Waals surface area contributed by atoms with Gasteiger partial charge in [0.15, 0.2) is 5.96 Å². The number of carbonyl (C=O) groups excluding carboxylic acids is 1. The maximum Gasteiger partial charge on any atom is 0.218 e. The summed E-state index contributed by atoms with van der Waals surface area (Å²) in [5.41, 5.74) is 0. The van der Waals surface area contributed by atoms with E-state index in [0.717, 1.165) is 24.9 Å². The molecule has 1 heterocycles. The van der Waals surface area contributed by atoms with Crippen molar-refractivity contribution in [1.29, 1.82) is 0 Å². The number of rotatable bonds is 0. The molecule has 1 saturated heterocycles. The highest BCUT2D eigenvalue weighted by Gasteiger charge is 2.17. The van der Waals surface area contributed by atoms with Crippen LogP contribution >= 0.6 is 0 Å². The molecular formula is C15H34N6O. The molecule has 0 radical (unpaired) electrons. The van der Waals surface area contributed by atoms with Gasteiger partial charge in [0.1, 0.15) is 0 Å².